The van der Waals surface area contributed by atoms with Crippen molar-refractivity contribution in [2.45, 2.75) is 26.3 Å². The maximum atomic E-state index is 12.3. The molecule has 3 aromatic rings. The van der Waals surface area contributed by atoms with Gasteiger partial charge in [0.2, 0.25) is 5.95 Å². The fourth-order valence-corrected chi connectivity index (χ4v) is 4.85. The van der Waals surface area contributed by atoms with E-state index >= 15 is 0 Å². The summed E-state index contributed by atoms with van der Waals surface area (Å²) >= 11 is 1.66. The van der Waals surface area contributed by atoms with Crippen molar-refractivity contribution in [2.75, 3.05) is 17.5 Å². The van der Waals surface area contributed by atoms with E-state index in [4.69, 9.17) is 4.74 Å². The van der Waals surface area contributed by atoms with Gasteiger partial charge >= 0.3 is 5.69 Å². The standard InChI is InChI=1S/C20H20N6O3S/c1-11(2)26-20(22-10-23-26)25-9-15-13-7-12(14-8-21-19(28)24-18(14)27)3-4-16(13)29-6-5-17(15)30-25/h3-4,7-8,10-11H,5-6,9H2,1-2H3,(H2,21,24,27,28). The number of hydrogen-bond donors (Lipinski definition) is 2. The minimum atomic E-state index is -0.524. The molecule has 0 saturated heterocycles. The highest BCUT2D eigenvalue weighted by Gasteiger charge is 2.31. The van der Waals surface area contributed by atoms with Crippen molar-refractivity contribution in [3.05, 3.63) is 62.0 Å². The molecule has 2 aromatic heterocycles. The molecule has 0 spiro atoms. The largest absolute Gasteiger partial charge is 0.493 e. The molecular formula is C20H20N6O3S. The van der Waals surface area contributed by atoms with Crippen molar-refractivity contribution in [2.24, 2.45) is 0 Å². The lowest BCUT2D eigenvalue weighted by Gasteiger charge is -2.20. The van der Waals surface area contributed by atoms with Gasteiger partial charge in [-0.1, -0.05) is 6.07 Å². The molecule has 4 heterocycles. The van der Waals surface area contributed by atoms with Gasteiger partial charge in [0, 0.05) is 23.1 Å². The van der Waals surface area contributed by atoms with E-state index in [2.05, 4.69) is 38.2 Å². The molecule has 0 unspecified atom stereocenters. The van der Waals surface area contributed by atoms with Gasteiger partial charge < -0.3 is 9.72 Å². The summed E-state index contributed by atoms with van der Waals surface area (Å²) in [5.74, 6) is 1.61. The van der Waals surface area contributed by atoms with E-state index in [0.717, 1.165) is 34.8 Å². The van der Waals surface area contributed by atoms with Crippen molar-refractivity contribution >= 4 is 23.5 Å². The molecule has 0 aliphatic carbocycles. The van der Waals surface area contributed by atoms with Gasteiger partial charge in [-0.2, -0.15) is 10.1 Å². The number of aromatic nitrogens is 5. The highest BCUT2D eigenvalue weighted by atomic mass is 32.2. The zero-order chi connectivity index (χ0) is 20.8. The van der Waals surface area contributed by atoms with E-state index in [9.17, 15) is 9.59 Å². The molecule has 9 nitrogen and oxygen atoms in total. The fraction of sp³-hybridized carbons (Fsp3) is 0.300. The number of rotatable bonds is 3. The Bertz CT molecular complexity index is 1270. The maximum Gasteiger partial charge on any atom is 0.325 e. The Labute approximate surface area is 175 Å². The zero-order valence-corrected chi connectivity index (χ0v) is 17.3. The molecule has 0 atom stereocenters. The van der Waals surface area contributed by atoms with Crippen molar-refractivity contribution in [3.63, 3.8) is 0 Å². The minimum Gasteiger partial charge on any atom is -0.493 e. The summed E-state index contributed by atoms with van der Waals surface area (Å²) in [5.41, 5.74) is 2.30. The molecule has 30 heavy (non-hydrogen) atoms. The number of fused-ring (bicyclic) bond motifs is 2. The summed E-state index contributed by atoms with van der Waals surface area (Å²) in [4.78, 5) is 34.1. The van der Waals surface area contributed by atoms with E-state index in [-0.39, 0.29) is 6.04 Å². The van der Waals surface area contributed by atoms with E-state index in [1.54, 1.807) is 18.3 Å². The first-order valence-electron chi connectivity index (χ1n) is 9.68. The molecule has 0 bridgehead atoms. The summed E-state index contributed by atoms with van der Waals surface area (Å²) in [6.45, 7) is 5.40. The summed E-state index contributed by atoms with van der Waals surface area (Å²) in [6, 6.07) is 5.88. The number of benzene rings is 1. The summed E-state index contributed by atoms with van der Waals surface area (Å²) < 4.78 is 10.0. The van der Waals surface area contributed by atoms with E-state index in [1.807, 2.05) is 22.9 Å². The molecule has 2 N–H and O–H groups in total. The number of anilines is 1. The van der Waals surface area contributed by atoms with Crippen LogP contribution in [0.2, 0.25) is 0 Å². The topological polar surface area (TPSA) is 109 Å². The second-order valence-corrected chi connectivity index (χ2v) is 8.54. The lowest BCUT2D eigenvalue weighted by atomic mass is 9.99. The monoisotopic (exact) mass is 424 g/mol. The SMILES string of the molecule is CC(C)n1ncnc1N1CC2=C(CCOc3ccc(-c4c[nH]c(=O)[nH]c4=O)cc32)S1. The van der Waals surface area contributed by atoms with Gasteiger partial charge in [-0.3, -0.25) is 14.1 Å². The first-order chi connectivity index (χ1) is 14.5. The van der Waals surface area contributed by atoms with Crippen LogP contribution < -0.4 is 20.3 Å². The van der Waals surface area contributed by atoms with Crippen LogP contribution in [0.25, 0.3) is 16.7 Å². The van der Waals surface area contributed by atoms with E-state index in [0.29, 0.717) is 18.7 Å². The van der Waals surface area contributed by atoms with Crippen molar-refractivity contribution in [1.29, 1.82) is 0 Å². The smallest absolute Gasteiger partial charge is 0.325 e. The summed E-state index contributed by atoms with van der Waals surface area (Å²) in [6.07, 6.45) is 3.82. The third kappa shape index (κ3) is 3.13. The number of nitrogens with one attached hydrogen (secondary N) is 2. The predicted molar refractivity (Wildman–Crippen MR) is 115 cm³/mol. The van der Waals surface area contributed by atoms with Crippen LogP contribution in [0.3, 0.4) is 0 Å². The number of ether oxygens (including phenoxy) is 1. The predicted octanol–water partition coefficient (Wildman–Crippen LogP) is 2.56. The van der Waals surface area contributed by atoms with Gasteiger partial charge in [0.15, 0.2) is 0 Å². The van der Waals surface area contributed by atoms with Gasteiger partial charge in [-0.15, -0.1) is 0 Å². The molecule has 0 radical (unpaired) electrons. The molecule has 2 aliphatic rings. The maximum absolute atomic E-state index is 12.3. The van der Waals surface area contributed by atoms with Gasteiger partial charge in [-0.05, 0) is 49.1 Å². The van der Waals surface area contributed by atoms with Gasteiger partial charge in [-0.25, -0.2) is 9.48 Å². The van der Waals surface area contributed by atoms with Crippen molar-refractivity contribution in [1.82, 2.24) is 24.7 Å². The minimum absolute atomic E-state index is 0.206. The molecule has 0 saturated carbocycles. The highest BCUT2D eigenvalue weighted by molar-refractivity contribution is 8.04. The third-order valence-corrected chi connectivity index (χ3v) is 6.33. The Hall–Kier alpha value is -3.27. The summed E-state index contributed by atoms with van der Waals surface area (Å²) in [5, 5.41) is 4.35. The molecule has 10 heteroatoms. The van der Waals surface area contributed by atoms with Crippen LogP contribution in [0.4, 0.5) is 5.95 Å². The van der Waals surface area contributed by atoms with Crippen LogP contribution in [0.15, 0.2) is 45.2 Å². The molecule has 0 fully saturated rings. The Balaban J connectivity index is 1.55. The van der Waals surface area contributed by atoms with Crippen molar-refractivity contribution < 1.29 is 4.74 Å². The van der Waals surface area contributed by atoms with Crippen LogP contribution in [-0.2, 0) is 0 Å². The Morgan fingerprint density at radius 2 is 2.10 bits per heavy atom. The lowest BCUT2D eigenvalue weighted by Crippen LogP contribution is -2.22. The van der Waals surface area contributed by atoms with Crippen LogP contribution in [0, 0.1) is 0 Å². The molecule has 0 amide bonds. The molecule has 154 valence electrons. The molecule has 5 rings (SSSR count). The number of H-pyrrole nitrogens is 2. The van der Waals surface area contributed by atoms with Crippen LogP contribution in [0.1, 0.15) is 31.9 Å². The van der Waals surface area contributed by atoms with E-state index in [1.165, 1.54) is 11.1 Å². The van der Waals surface area contributed by atoms with Gasteiger partial charge in [0.05, 0.1) is 24.8 Å². The van der Waals surface area contributed by atoms with Crippen LogP contribution >= 0.6 is 11.9 Å². The number of aromatic amines is 2. The quantitative estimate of drug-likeness (QED) is 0.622. The fourth-order valence-electron chi connectivity index (χ4n) is 3.72. The second-order valence-electron chi connectivity index (χ2n) is 7.42. The van der Waals surface area contributed by atoms with Gasteiger partial charge in [0.1, 0.15) is 12.1 Å². The molecule has 1 aromatic carbocycles. The van der Waals surface area contributed by atoms with Crippen molar-refractivity contribution in [3.8, 4) is 16.9 Å². The van der Waals surface area contributed by atoms with Gasteiger partial charge in [0.25, 0.3) is 5.56 Å². The van der Waals surface area contributed by atoms with Crippen LogP contribution in [-0.4, -0.2) is 37.9 Å². The Morgan fingerprint density at radius 3 is 2.90 bits per heavy atom. The third-order valence-electron chi connectivity index (χ3n) is 5.15. The molecular weight excluding hydrogens is 404 g/mol. The lowest BCUT2D eigenvalue weighted by molar-refractivity contribution is 0.326. The number of hydrogen-bond acceptors (Lipinski definition) is 7. The first kappa shape index (κ1) is 18.7. The number of nitrogens with zero attached hydrogens (tertiary/aromatic N) is 4. The van der Waals surface area contributed by atoms with Crippen LogP contribution in [0.5, 0.6) is 5.75 Å². The Kier molecular flexibility index (Phi) is 4.50. The average molecular weight is 424 g/mol. The Morgan fingerprint density at radius 1 is 1.23 bits per heavy atom. The molecule has 2 aliphatic heterocycles. The normalized spacial score (nSPS) is 15.8. The zero-order valence-electron chi connectivity index (χ0n) is 16.5. The first-order valence-corrected chi connectivity index (χ1v) is 10.4. The highest BCUT2D eigenvalue weighted by Crippen LogP contribution is 2.46. The van der Waals surface area contributed by atoms with E-state index < -0.39 is 11.2 Å². The average Bonchev–Trinajstić information content (AvgIpc) is 3.32. The summed E-state index contributed by atoms with van der Waals surface area (Å²) in [7, 11) is 0. The second kappa shape index (κ2) is 7.21.